The van der Waals surface area contributed by atoms with Gasteiger partial charge in [0.1, 0.15) is 17.9 Å². The Morgan fingerprint density at radius 2 is 1.48 bits per heavy atom. The van der Waals surface area contributed by atoms with Gasteiger partial charge >= 0.3 is 0 Å². The number of hydrogen-bond donors (Lipinski definition) is 0. The number of rotatable bonds is 5. The van der Waals surface area contributed by atoms with Crippen LogP contribution in [0, 0.1) is 0 Å². The maximum atomic E-state index is 6.15. The van der Waals surface area contributed by atoms with Gasteiger partial charge in [-0.3, -0.25) is 0 Å². The van der Waals surface area contributed by atoms with Crippen molar-refractivity contribution in [2.45, 2.75) is 6.61 Å². The maximum Gasteiger partial charge on any atom is 0.227 e. The molecule has 0 radical (unpaired) electrons. The molecule has 1 aromatic heterocycles. The minimum atomic E-state index is 0.543. The lowest BCUT2D eigenvalue weighted by atomic mass is 10.0. The van der Waals surface area contributed by atoms with E-state index in [2.05, 4.69) is 60.7 Å². The lowest BCUT2D eigenvalue weighted by molar-refractivity contribution is 0.306. The highest BCUT2D eigenvalue weighted by Gasteiger charge is 2.13. The molecular weight excluding hydrogens is 406 g/mol. The molecule has 3 heteroatoms. The third kappa shape index (κ3) is 3.85. The van der Waals surface area contributed by atoms with Crippen molar-refractivity contribution in [3.8, 4) is 28.3 Å². The van der Waals surface area contributed by atoms with Crippen LogP contribution in [0.1, 0.15) is 5.56 Å². The highest BCUT2D eigenvalue weighted by atomic mass is 16.5. The Kier molecular flexibility index (Phi) is 4.85. The van der Waals surface area contributed by atoms with Gasteiger partial charge in [-0.1, -0.05) is 78.9 Å². The molecule has 5 aromatic carbocycles. The van der Waals surface area contributed by atoms with Crippen LogP contribution >= 0.6 is 0 Å². The summed E-state index contributed by atoms with van der Waals surface area (Å²) in [4.78, 5) is 4.82. The van der Waals surface area contributed by atoms with E-state index >= 15 is 0 Å². The summed E-state index contributed by atoms with van der Waals surface area (Å²) in [6, 6.07) is 39.0. The number of nitrogens with zero attached hydrogens (tertiary/aromatic N) is 1. The van der Waals surface area contributed by atoms with Crippen molar-refractivity contribution in [3.05, 3.63) is 121 Å². The van der Waals surface area contributed by atoms with Gasteiger partial charge in [-0.2, -0.15) is 0 Å². The second-order valence-corrected chi connectivity index (χ2v) is 8.03. The van der Waals surface area contributed by atoms with Gasteiger partial charge in [-0.25, -0.2) is 4.98 Å². The van der Waals surface area contributed by atoms with Gasteiger partial charge in [-0.15, -0.1) is 0 Å². The van der Waals surface area contributed by atoms with E-state index in [0.29, 0.717) is 12.5 Å². The standard InChI is InChI=1S/C30H21NO2/c1-3-8-21(9-4-1)20-32-25-15-16-26-24(18-25)12-7-13-27(26)30-31-28-19-23(14-17-29(28)33-30)22-10-5-2-6-11-22/h1-19H,20H2. The Bertz CT molecular complexity index is 1550. The van der Waals surface area contributed by atoms with Crippen LogP contribution in [0.4, 0.5) is 0 Å². The smallest absolute Gasteiger partial charge is 0.227 e. The van der Waals surface area contributed by atoms with E-state index in [1.807, 2.05) is 54.6 Å². The van der Waals surface area contributed by atoms with Crippen LogP contribution < -0.4 is 4.74 Å². The Balaban J connectivity index is 1.33. The maximum absolute atomic E-state index is 6.15. The summed E-state index contributed by atoms with van der Waals surface area (Å²) in [6.07, 6.45) is 0. The van der Waals surface area contributed by atoms with Gasteiger partial charge in [0.25, 0.3) is 0 Å². The second kappa shape index (κ2) is 8.29. The van der Waals surface area contributed by atoms with E-state index in [4.69, 9.17) is 14.1 Å². The second-order valence-electron chi connectivity index (χ2n) is 8.03. The molecule has 0 N–H and O–H groups in total. The molecule has 0 bridgehead atoms. The first-order chi connectivity index (χ1) is 16.3. The van der Waals surface area contributed by atoms with Gasteiger partial charge in [-0.05, 0) is 63.9 Å². The largest absolute Gasteiger partial charge is 0.489 e. The van der Waals surface area contributed by atoms with Crippen molar-refractivity contribution in [3.63, 3.8) is 0 Å². The summed E-state index contributed by atoms with van der Waals surface area (Å²) in [7, 11) is 0. The van der Waals surface area contributed by atoms with Crippen LogP contribution in [0.2, 0.25) is 0 Å². The Hall–Kier alpha value is -4.37. The van der Waals surface area contributed by atoms with Crippen molar-refractivity contribution in [1.29, 1.82) is 0 Å². The zero-order valence-corrected chi connectivity index (χ0v) is 17.9. The van der Waals surface area contributed by atoms with Crippen molar-refractivity contribution in [1.82, 2.24) is 4.98 Å². The van der Waals surface area contributed by atoms with E-state index < -0.39 is 0 Å². The van der Waals surface area contributed by atoms with E-state index in [1.165, 1.54) is 0 Å². The molecule has 6 aromatic rings. The summed E-state index contributed by atoms with van der Waals surface area (Å²) < 4.78 is 12.2. The van der Waals surface area contributed by atoms with Crippen LogP contribution in [0.5, 0.6) is 5.75 Å². The average molecular weight is 428 g/mol. The van der Waals surface area contributed by atoms with E-state index in [-0.39, 0.29) is 0 Å². The molecule has 0 fully saturated rings. The summed E-state index contributed by atoms with van der Waals surface area (Å²) in [6.45, 7) is 0.543. The van der Waals surface area contributed by atoms with Gasteiger partial charge in [0.15, 0.2) is 5.58 Å². The number of aromatic nitrogens is 1. The van der Waals surface area contributed by atoms with Crippen LogP contribution in [-0.4, -0.2) is 4.98 Å². The van der Waals surface area contributed by atoms with Crippen molar-refractivity contribution >= 4 is 21.9 Å². The highest BCUT2D eigenvalue weighted by Crippen LogP contribution is 2.33. The predicted octanol–water partition coefficient (Wildman–Crippen LogP) is 7.89. The molecule has 3 nitrogen and oxygen atoms in total. The number of oxazole rings is 1. The van der Waals surface area contributed by atoms with E-state index in [1.54, 1.807) is 0 Å². The topological polar surface area (TPSA) is 35.3 Å². The Morgan fingerprint density at radius 3 is 2.33 bits per heavy atom. The molecule has 0 unspecified atom stereocenters. The Labute approximate surface area is 191 Å². The van der Waals surface area contributed by atoms with Gasteiger partial charge in [0.05, 0.1) is 0 Å². The molecular formula is C30H21NO2. The number of benzene rings is 5. The lowest BCUT2D eigenvalue weighted by Crippen LogP contribution is -1.94. The van der Waals surface area contributed by atoms with Crippen molar-refractivity contribution in [2.75, 3.05) is 0 Å². The van der Waals surface area contributed by atoms with E-state index in [9.17, 15) is 0 Å². The quantitative estimate of drug-likeness (QED) is 0.280. The SMILES string of the molecule is c1ccc(COc2ccc3c(-c4nc5cc(-c6ccccc6)ccc5o4)cccc3c2)cc1. The first kappa shape index (κ1) is 19.3. The van der Waals surface area contributed by atoms with Gasteiger partial charge in [0.2, 0.25) is 5.89 Å². The van der Waals surface area contributed by atoms with Crippen LogP contribution in [-0.2, 0) is 6.61 Å². The summed E-state index contributed by atoms with van der Waals surface area (Å²) in [5, 5.41) is 2.17. The molecule has 158 valence electrons. The fraction of sp³-hybridized carbons (Fsp3) is 0.0333. The zero-order chi connectivity index (χ0) is 22.0. The number of hydrogen-bond acceptors (Lipinski definition) is 3. The first-order valence-electron chi connectivity index (χ1n) is 11.0. The number of ether oxygens (including phenoxy) is 1. The summed E-state index contributed by atoms with van der Waals surface area (Å²) in [5.74, 6) is 1.47. The predicted molar refractivity (Wildman–Crippen MR) is 133 cm³/mol. The molecule has 33 heavy (non-hydrogen) atoms. The molecule has 0 amide bonds. The summed E-state index contributed by atoms with van der Waals surface area (Å²) >= 11 is 0. The minimum Gasteiger partial charge on any atom is -0.489 e. The molecule has 0 saturated carbocycles. The zero-order valence-electron chi connectivity index (χ0n) is 17.9. The van der Waals surface area contributed by atoms with E-state index in [0.717, 1.165) is 49.9 Å². The third-order valence-corrected chi connectivity index (χ3v) is 5.83. The normalized spacial score (nSPS) is 11.2. The molecule has 0 aliphatic carbocycles. The van der Waals surface area contributed by atoms with Crippen molar-refractivity contribution in [2.24, 2.45) is 0 Å². The Morgan fingerprint density at radius 1 is 0.667 bits per heavy atom. The van der Waals surface area contributed by atoms with Gasteiger partial charge in [0, 0.05) is 5.56 Å². The molecule has 0 spiro atoms. The average Bonchev–Trinajstić information content (AvgIpc) is 3.31. The third-order valence-electron chi connectivity index (χ3n) is 5.83. The van der Waals surface area contributed by atoms with Crippen molar-refractivity contribution < 1.29 is 9.15 Å². The van der Waals surface area contributed by atoms with Crippen LogP contribution in [0.15, 0.2) is 120 Å². The monoisotopic (exact) mass is 427 g/mol. The summed E-state index contributed by atoms with van der Waals surface area (Å²) in [5.41, 5.74) is 6.04. The highest BCUT2D eigenvalue weighted by molar-refractivity contribution is 5.96. The molecule has 0 aliphatic heterocycles. The fourth-order valence-corrected chi connectivity index (χ4v) is 4.13. The molecule has 0 saturated heterocycles. The minimum absolute atomic E-state index is 0.543. The molecule has 0 atom stereocenters. The van der Waals surface area contributed by atoms with Crippen LogP contribution in [0.3, 0.4) is 0 Å². The molecule has 6 rings (SSSR count). The fourth-order valence-electron chi connectivity index (χ4n) is 4.13. The number of fused-ring (bicyclic) bond motifs is 2. The molecule has 1 heterocycles. The van der Waals surface area contributed by atoms with Crippen LogP contribution in [0.25, 0.3) is 44.5 Å². The van der Waals surface area contributed by atoms with Gasteiger partial charge < -0.3 is 9.15 Å². The lowest BCUT2D eigenvalue weighted by Gasteiger charge is -2.09. The molecule has 0 aliphatic rings. The first-order valence-corrected chi connectivity index (χ1v) is 11.0.